The molecule has 0 fully saturated rings. The van der Waals surface area contributed by atoms with Gasteiger partial charge < -0.3 is 10.6 Å². The number of rotatable bonds is 4. The zero-order valence-electron chi connectivity index (χ0n) is 12.3. The van der Waals surface area contributed by atoms with Crippen LogP contribution in [0.25, 0.3) is 0 Å². The molecule has 0 saturated heterocycles. The molecule has 1 amide bonds. The lowest BCUT2D eigenvalue weighted by Gasteiger charge is -2.18. The van der Waals surface area contributed by atoms with Gasteiger partial charge in [0.15, 0.2) is 0 Å². The summed E-state index contributed by atoms with van der Waals surface area (Å²) < 4.78 is 1.85. The third-order valence-electron chi connectivity index (χ3n) is 3.23. The number of hydrogen-bond donors (Lipinski definition) is 2. The van der Waals surface area contributed by atoms with Gasteiger partial charge in [0.05, 0.1) is 11.7 Å². The van der Waals surface area contributed by atoms with Crippen molar-refractivity contribution in [2.75, 3.05) is 10.6 Å². The lowest BCUT2D eigenvalue weighted by atomic mass is 10.1. The number of aromatic nitrogens is 2. The van der Waals surface area contributed by atoms with Crippen molar-refractivity contribution in [2.45, 2.75) is 26.8 Å². The number of hydrogen-bond acceptors (Lipinski definition) is 3. The summed E-state index contributed by atoms with van der Waals surface area (Å²) in [4.78, 5) is 11.1. The third-order valence-corrected chi connectivity index (χ3v) is 3.23. The van der Waals surface area contributed by atoms with E-state index in [2.05, 4.69) is 22.7 Å². The number of amides is 1. The van der Waals surface area contributed by atoms with Crippen LogP contribution < -0.4 is 10.6 Å². The fourth-order valence-corrected chi connectivity index (χ4v) is 2.17. The predicted octanol–water partition coefficient (Wildman–Crippen LogP) is 2.86. The highest BCUT2D eigenvalue weighted by atomic mass is 16.1. The minimum atomic E-state index is -0.0699. The van der Waals surface area contributed by atoms with Crippen molar-refractivity contribution in [3.63, 3.8) is 0 Å². The second-order valence-electron chi connectivity index (χ2n) is 4.96. The Kier molecular flexibility index (Phi) is 4.08. The average Bonchev–Trinajstić information content (AvgIpc) is 2.79. The summed E-state index contributed by atoms with van der Waals surface area (Å²) >= 11 is 0. The van der Waals surface area contributed by atoms with Crippen LogP contribution in [0, 0.1) is 6.92 Å². The van der Waals surface area contributed by atoms with Crippen LogP contribution in [-0.4, -0.2) is 15.7 Å². The lowest BCUT2D eigenvalue weighted by molar-refractivity contribution is -0.114. The highest BCUT2D eigenvalue weighted by Crippen LogP contribution is 2.25. The first-order valence-electron chi connectivity index (χ1n) is 6.60. The van der Waals surface area contributed by atoms with E-state index in [1.165, 1.54) is 6.92 Å². The van der Waals surface area contributed by atoms with E-state index >= 15 is 0 Å². The molecule has 2 rings (SSSR count). The minimum Gasteiger partial charge on any atom is -0.377 e. The molecule has 2 N–H and O–H groups in total. The molecule has 0 radical (unpaired) electrons. The molecule has 1 atom stereocenters. The smallest absolute Gasteiger partial charge is 0.221 e. The van der Waals surface area contributed by atoms with Gasteiger partial charge in [-0.05, 0) is 37.6 Å². The van der Waals surface area contributed by atoms with E-state index in [1.54, 1.807) is 6.20 Å². The van der Waals surface area contributed by atoms with Crippen molar-refractivity contribution in [1.82, 2.24) is 9.78 Å². The first-order chi connectivity index (χ1) is 9.47. The van der Waals surface area contributed by atoms with Crippen molar-refractivity contribution < 1.29 is 4.79 Å². The van der Waals surface area contributed by atoms with E-state index < -0.39 is 0 Å². The van der Waals surface area contributed by atoms with Gasteiger partial charge in [-0.3, -0.25) is 9.48 Å². The summed E-state index contributed by atoms with van der Waals surface area (Å²) in [5, 5.41) is 10.4. The van der Waals surface area contributed by atoms with E-state index in [4.69, 9.17) is 0 Å². The Balaban J connectivity index is 2.20. The second kappa shape index (κ2) is 5.77. The first kappa shape index (κ1) is 14.1. The second-order valence-corrected chi connectivity index (χ2v) is 4.96. The van der Waals surface area contributed by atoms with Crippen LogP contribution in [0.1, 0.15) is 31.1 Å². The molecule has 0 aliphatic rings. The molecule has 0 aliphatic heterocycles. The Hall–Kier alpha value is -2.30. The van der Waals surface area contributed by atoms with Gasteiger partial charge in [-0.1, -0.05) is 6.07 Å². The van der Waals surface area contributed by atoms with Gasteiger partial charge in [0, 0.05) is 31.5 Å². The number of nitrogens with zero attached hydrogens (tertiary/aromatic N) is 2. The summed E-state index contributed by atoms with van der Waals surface area (Å²) in [6.07, 6.45) is 1.79. The molecule has 1 heterocycles. The summed E-state index contributed by atoms with van der Waals surface area (Å²) in [6, 6.07) is 7.96. The minimum absolute atomic E-state index is 0.0699. The van der Waals surface area contributed by atoms with E-state index in [9.17, 15) is 4.79 Å². The predicted molar refractivity (Wildman–Crippen MR) is 80.7 cm³/mol. The lowest BCUT2D eigenvalue weighted by Crippen LogP contribution is -2.12. The number of aryl methyl sites for hydroxylation is 2. The van der Waals surface area contributed by atoms with Crippen LogP contribution in [-0.2, 0) is 11.8 Å². The number of nitrogens with one attached hydrogen (secondary N) is 2. The summed E-state index contributed by atoms with van der Waals surface area (Å²) in [7, 11) is 1.92. The maximum absolute atomic E-state index is 11.1. The van der Waals surface area contributed by atoms with Gasteiger partial charge in [0.2, 0.25) is 5.91 Å². The van der Waals surface area contributed by atoms with Crippen molar-refractivity contribution in [3.8, 4) is 0 Å². The van der Waals surface area contributed by atoms with Crippen LogP contribution in [0.15, 0.2) is 30.5 Å². The van der Waals surface area contributed by atoms with Crippen molar-refractivity contribution >= 4 is 17.3 Å². The fourth-order valence-electron chi connectivity index (χ4n) is 2.17. The van der Waals surface area contributed by atoms with Crippen LogP contribution in [0.4, 0.5) is 11.4 Å². The monoisotopic (exact) mass is 272 g/mol. The molecule has 5 nitrogen and oxygen atoms in total. The van der Waals surface area contributed by atoms with Gasteiger partial charge in [-0.2, -0.15) is 5.10 Å². The van der Waals surface area contributed by atoms with Gasteiger partial charge in [0.1, 0.15) is 0 Å². The Labute approximate surface area is 119 Å². The largest absolute Gasteiger partial charge is 0.377 e. The normalized spacial score (nSPS) is 12.0. The van der Waals surface area contributed by atoms with Crippen LogP contribution >= 0.6 is 0 Å². The standard InChI is InChI=1S/C15H20N4O/c1-10-5-6-13(18-12(3)20)9-14(10)17-11(2)15-7-8-16-19(15)4/h5-9,11,17H,1-4H3,(H,18,20). The quantitative estimate of drug-likeness (QED) is 0.899. The van der Waals surface area contributed by atoms with E-state index in [1.807, 2.05) is 42.9 Å². The first-order valence-corrected chi connectivity index (χ1v) is 6.60. The van der Waals surface area contributed by atoms with Gasteiger partial charge in [-0.15, -0.1) is 0 Å². The topological polar surface area (TPSA) is 59.0 Å². The zero-order valence-corrected chi connectivity index (χ0v) is 12.3. The molecule has 0 spiro atoms. The Bertz CT molecular complexity index is 618. The van der Waals surface area contributed by atoms with E-state index in [0.717, 1.165) is 22.6 Å². The molecule has 2 aromatic rings. The van der Waals surface area contributed by atoms with Gasteiger partial charge >= 0.3 is 0 Å². The third kappa shape index (κ3) is 3.17. The summed E-state index contributed by atoms with van der Waals surface area (Å²) in [6.45, 7) is 5.63. The van der Waals surface area contributed by atoms with Gasteiger partial charge in [0.25, 0.3) is 0 Å². The number of carbonyl (C=O) groups is 1. The molecule has 20 heavy (non-hydrogen) atoms. The molecule has 106 valence electrons. The molecule has 5 heteroatoms. The fraction of sp³-hybridized carbons (Fsp3) is 0.333. The number of carbonyl (C=O) groups excluding carboxylic acids is 1. The highest BCUT2D eigenvalue weighted by Gasteiger charge is 2.11. The summed E-state index contributed by atoms with van der Waals surface area (Å²) in [5.74, 6) is -0.0699. The molecular weight excluding hydrogens is 252 g/mol. The maximum atomic E-state index is 11.1. The molecule has 0 bridgehead atoms. The SMILES string of the molecule is CC(=O)Nc1ccc(C)c(NC(C)c2ccnn2C)c1. The molecule has 0 aliphatic carbocycles. The van der Waals surface area contributed by atoms with E-state index in [-0.39, 0.29) is 11.9 Å². The van der Waals surface area contributed by atoms with Crippen LogP contribution in [0.5, 0.6) is 0 Å². The Morgan fingerprint density at radius 2 is 2.10 bits per heavy atom. The van der Waals surface area contributed by atoms with Crippen molar-refractivity contribution in [1.29, 1.82) is 0 Å². The highest BCUT2D eigenvalue weighted by molar-refractivity contribution is 5.89. The summed E-state index contributed by atoms with van der Waals surface area (Å²) in [5.41, 5.74) is 4.04. The van der Waals surface area contributed by atoms with Crippen molar-refractivity contribution in [3.05, 3.63) is 41.7 Å². The average molecular weight is 272 g/mol. The van der Waals surface area contributed by atoms with Gasteiger partial charge in [-0.25, -0.2) is 0 Å². The van der Waals surface area contributed by atoms with Crippen LogP contribution in [0.3, 0.4) is 0 Å². The maximum Gasteiger partial charge on any atom is 0.221 e. The number of benzene rings is 1. The molecule has 1 aromatic heterocycles. The molecule has 0 saturated carbocycles. The molecule has 1 aromatic carbocycles. The van der Waals surface area contributed by atoms with Crippen molar-refractivity contribution in [2.24, 2.45) is 7.05 Å². The Morgan fingerprint density at radius 3 is 2.70 bits per heavy atom. The molecular formula is C15H20N4O. The van der Waals surface area contributed by atoms with Crippen LogP contribution in [0.2, 0.25) is 0 Å². The molecule has 1 unspecified atom stereocenters. The Morgan fingerprint density at radius 1 is 1.35 bits per heavy atom. The number of anilines is 2. The zero-order chi connectivity index (χ0) is 14.7. The van der Waals surface area contributed by atoms with E-state index in [0.29, 0.717) is 0 Å².